The van der Waals surface area contributed by atoms with Crippen molar-refractivity contribution in [3.8, 4) is 0 Å². The lowest BCUT2D eigenvalue weighted by molar-refractivity contribution is 0.103. The summed E-state index contributed by atoms with van der Waals surface area (Å²) in [6.07, 6.45) is 3.40. The third-order valence-electron chi connectivity index (χ3n) is 4.78. The second-order valence-corrected chi connectivity index (χ2v) is 7.30. The van der Waals surface area contributed by atoms with Crippen molar-refractivity contribution in [2.75, 3.05) is 25.4 Å². The number of benzene rings is 2. The molecule has 1 saturated heterocycles. The van der Waals surface area contributed by atoms with Crippen LogP contribution in [0.2, 0.25) is 5.02 Å². The van der Waals surface area contributed by atoms with Crippen molar-refractivity contribution >= 4 is 23.1 Å². The molecule has 1 fully saturated rings. The second-order valence-electron chi connectivity index (χ2n) is 6.86. The van der Waals surface area contributed by atoms with Crippen molar-refractivity contribution in [2.24, 2.45) is 0 Å². The van der Waals surface area contributed by atoms with Crippen LogP contribution < -0.4 is 5.73 Å². The highest BCUT2D eigenvalue weighted by Crippen LogP contribution is 2.19. The Morgan fingerprint density at radius 2 is 2.00 bits per heavy atom. The molecule has 0 bridgehead atoms. The molecule has 1 heterocycles. The number of allylic oxidation sites excluding steroid dienone is 1. The Hall–Kier alpha value is -2.37. The fourth-order valence-electron chi connectivity index (χ4n) is 3.27. The molecule has 0 saturated carbocycles. The SMILES string of the molecule is C[C@H]1CN(Cc2ccc(F)cc2)CCN1/C=C/C(=O)c1ccc(Cl)cc1N. The first kappa shape index (κ1) is 19.4. The summed E-state index contributed by atoms with van der Waals surface area (Å²) in [6, 6.07) is 11.8. The van der Waals surface area contributed by atoms with Crippen LogP contribution in [0.3, 0.4) is 0 Å². The zero-order chi connectivity index (χ0) is 19.4. The molecular weight excluding hydrogens is 365 g/mol. The van der Waals surface area contributed by atoms with Gasteiger partial charge in [-0.2, -0.15) is 0 Å². The van der Waals surface area contributed by atoms with Gasteiger partial charge in [0.2, 0.25) is 0 Å². The van der Waals surface area contributed by atoms with E-state index < -0.39 is 0 Å². The lowest BCUT2D eigenvalue weighted by Gasteiger charge is -2.39. The number of nitrogen functional groups attached to an aromatic ring is 1. The molecule has 0 amide bonds. The van der Waals surface area contributed by atoms with Gasteiger partial charge >= 0.3 is 0 Å². The van der Waals surface area contributed by atoms with Gasteiger partial charge in [0.15, 0.2) is 5.78 Å². The largest absolute Gasteiger partial charge is 0.398 e. The maximum absolute atomic E-state index is 13.0. The van der Waals surface area contributed by atoms with Crippen LogP contribution >= 0.6 is 11.6 Å². The Labute approximate surface area is 164 Å². The second kappa shape index (κ2) is 8.55. The van der Waals surface area contributed by atoms with Crippen LogP contribution in [0.1, 0.15) is 22.8 Å². The van der Waals surface area contributed by atoms with E-state index >= 15 is 0 Å². The van der Waals surface area contributed by atoms with E-state index in [4.69, 9.17) is 17.3 Å². The number of halogens is 2. The Morgan fingerprint density at radius 3 is 2.67 bits per heavy atom. The minimum atomic E-state index is -0.215. The molecule has 0 aliphatic carbocycles. The molecule has 27 heavy (non-hydrogen) atoms. The van der Waals surface area contributed by atoms with Crippen LogP contribution in [-0.4, -0.2) is 41.3 Å². The first-order chi connectivity index (χ1) is 12.9. The Bertz CT molecular complexity index is 838. The zero-order valence-electron chi connectivity index (χ0n) is 15.2. The van der Waals surface area contributed by atoms with Gasteiger partial charge in [0, 0.05) is 60.8 Å². The number of carbonyl (C=O) groups excluding carboxylic acids is 1. The van der Waals surface area contributed by atoms with Crippen molar-refractivity contribution in [3.05, 3.63) is 76.7 Å². The molecule has 1 atom stereocenters. The predicted octanol–water partition coefficient (Wildman–Crippen LogP) is 3.96. The molecule has 0 unspecified atom stereocenters. The molecular formula is C21H23ClFN3O. The number of rotatable bonds is 5. The van der Waals surface area contributed by atoms with Crippen molar-refractivity contribution < 1.29 is 9.18 Å². The van der Waals surface area contributed by atoms with E-state index in [0.717, 1.165) is 31.7 Å². The summed E-state index contributed by atoms with van der Waals surface area (Å²) in [5.74, 6) is -0.349. The van der Waals surface area contributed by atoms with Crippen LogP contribution in [0.4, 0.5) is 10.1 Å². The predicted molar refractivity (Wildman–Crippen MR) is 107 cm³/mol. The third kappa shape index (κ3) is 5.08. The molecule has 2 aromatic carbocycles. The summed E-state index contributed by atoms with van der Waals surface area (Å²) in [7, 11) is 0. The van der Waals surface area contributed by atoms with Gasteiger partial charge in [-0.1, -0.05) is 23.7 Å². The average molecular weight is 388 g/mol. The van der Waals surface area contributed by atoms with Gasteiger partial charge in [-0.05, 0) is 42.8 Å². The van der Waals surface area contributed by atoms with Crippen molar-refractivity contribution in [3.63, 3.8) is 0 Å². The van der Waals surface area contributed by atoms with Gasteiger partial charge in [-0.15, -0.1) is 0 Å². The molecule has 0 aromatic heterocycles. The Balaban J connectivity index is 1.57. The summed E-state index contributed by atoms with van der Waals surface area (Å²) in [6.45, 7) is 5.50. The summed E-state index contributed by atoms with van der Waals surface area (Å²) in [4.78, 5) is 16.9. The van der Waals surface area contributed by atoms with E-state index in [9.17, 15) is 9.18 Å². The van der Waals surface area contributed by atoms with E-state index in [1.54, 1.807) is 24.3 Å². The highest BCUT2D eigenvalue weighted by molar-refractivity contribution is 6.31. The third-order valence-corrected chi connectivity index (χ3v) is 5.01. The number of hydrogen-bond acceptors (Lipinski definition) is 4. The normalized spacial score (nSPS) is 18.2. The molecule has 1 aliphatic rings. The maximum atomic E-state index is 13.0. The van der Waals surface area contributed by atoms with Gasteiger partial charge in [0.1, 0.15) is 5.82 Å². The minimum absolute atomic E-state index is 0.134. The van der Waals surface area contributed by atoms with Gasteiger partial charge < -0.3 is 10.6 Å². The summed E-state index contributed by atoms with van der Waals surface area (Å²) >= 11 is 5.88. The van der Waals surface area contributed by atoms with Crippen LogP contribution in [0.25, 0.3) is 0 Å². The lowest BCUT2D eigenvalue weighted by atomic mass is 10.1. The first-order valence-electron chi connectivity index (χ1n) is 8.92. The Morgan fingerprint density at radius 1 is 1.26 bits per heavy atom. The molecule has 142 valence electrons. The zero-order valence-corrected chi connectivity index (χ0v) is 16.0. The van der Waals surface area contributed by atoms with E-state index in [-0.39, 0.29) is 17.6 Å². The highest BCUT2D eigenvalue weighted by Gasteiger charge is 2.21. The molecule has 0 spiro atoms. The topological polar surface area (TPSA) is 49.6 Å². The van der Waals surface area contributed by atoms with Crippen molar-refractivity contribution in [1.82, 2.24) is 9.80 Å². The number of hydrogen-bond donors (Lipinski definition) is 1. The number of nitrogens with zero attached hydrogens (tertiary/aromatic N) is 2. The number of ketones is 1. The van der Waals surface area contributed by atoms with E-state index in [2.05, 4.69) is 16.7 Å². The summed E-state index contributed by atoms with van der Waals surface area (Å²) < 4.78 is 13.0. The smallest absolute Gasteiger partial charge is 0.189 e. The van der Waals surface area contributed by atoms with E-state index in [1.165, 1.54) is 12.1 Å². The van der Waals surface area contributed by atoms with Crippen molar-refractivity contribution in [2.45, 2.75) is 19.5 Å². The van der Waals surface area contributed by atoms with Gasteiger partial charge in [-0.25, -0.2) is 4.39 Å². The minimum Gasteiger partial charge on any atom is -0.398 e. The average Bonchev–Trinajstić information content (AvgIpc) is 2.63. The summed E-state index contributed by atoms with van der Waals surface area (Å²) in [5, 5.41) is 0.513. The monoisotopic (exact) mass is 387 g/mol. The lowest BCUT2D eigenvalue weighted by Crippen LogP contribution is -2.49. The van der Waals surface area contributed by atoms with Crippen LogP contribution in [-0.2, 0) is 6.54 Å². The highest BCUT2D eigenvalue weighted by atomic mass is 35.5. The molecule has 0 radical (unpaired) electrons. The Kier molecular flexibility index (Phi) is 6.14. The van der Waals surface area contributed by atoms with E-state index in [1.807, 2.05) is 18.3 Å². The number of piperazine rings is 1. The first-order valence-corrected chi connectivity index (χ1v) is 9.30. The quantitative estimate of drug-likeness (QED) is 0.479. The molecule has 2 N–H and O–H groups in total. The van der Waals surface area contributed by atoms with Gasteiger partial charge in [-0.3, -0.25) is 9.69 Å². The summed E-state index contributed by atoms with van der Waals surface area (Å²) in [5.41, 5.74) is 7.81. The number of nitrogens with two attached hydrogens (primary N) is 1. The molecule has 3 rings (SSSR count). The molecule has 6 heteroatoms. The number of carbonyl (C=O) groups is 1. The standard InChI is InChI=1S/C21H23ClFN3O/c1-15-13-25(14-16-2-5-18(23)6-3-16)10-11-26(15)9-8-21(27)19-7-4-17(22)12-20(19)24/h2-9,12,15H,10-11,13-14,24H2,1H3/b9-8+/t15-/m0/s1. The van der Waals surface area contributed by atoms with Gasteiger partial charge in [0.05, 0.1) is 0 Å². The van der Waals surface area contributed by atoms with Crippen molar-refractivity contribution in [1.29, 1.82) is 0 Å². The van der Waals surface area contributed by atoms with Crippen LogP contribution in [0, 0.1) is 5.82 Å². The van der Waals surface area contributed by atoms with Crippen LogP contribution in [0.5, 0.6) is 0 Å². The molecule has 4 nitrogen and oxygen atoms in total. The van der Waals surface area contributed by atoms with Crippen LogP contribution in [0.15, 0.2) is 54.7 Å². The molecule has 2 aromatic rings. The van der Waals surface area contributed by atoms with E-state index in [0.29, 0.717) is 16.3 Å². The fourth-order valence-corrected chi connectivity index (χ4v) is 3.45. The maximum Gasteiger partial charge on any atom is 0.189 e. The van der Waals surface area contributed by atoms with Gasteiger partial charge in [0.25, 0.3) is 0 Å². The molecule has 1 aliphatic heterocycles. The number of anilines is 1. The fraction of sp³-hybridized carbons (Fsp3) is 0.286.